The Bertz CT molecular complexity index is 935. The molecule has 0 bridgehead atoms. The molecule has 3 rings (SSSR count). The SMILES string of the molecule is Cc1ccc2nc(C)cc(C(=O)N[C@H](CCN(C)C)c3ccccc3)c2c1. The van der Waals surface area contributed by atoms with Crippen LogP contribution in [-0.4, -0.2) is 36.4 Å². The molecular weight excluding hydrogens is 334 g/mol. The molecule has 0 fully saturated rings. The lowest BCUT2D eigenvalue weighted by molar-refractivity contribution is 0.0934. The van der Waals surface area contributed by atoms with Gasteiger partial charge in [0.25, 0.3) is 5.91 Å². The van der Waals surface area contributed by atoms with Crippen molar-refractivity contribution in [1.82, 2.24) is 15.2 Å². The van der Waals surface area contributed by atoms with Gasteiger partial charge in [-0.05, 0) is 64.7 Å². The van der Waals surface area contributed by atoms with Gasteiger partial charge in [-0.2, -0.15) is 0 Å². The molecule has 0 aliphatic rings. The van der Waals surface area contributed by atoms with Gasteiger partial charge in [0.15, 0.2) is 0 Å². The first-order valence-electron chi connectivity index (χ1n) is 9.32. The van der Waals surface area contributed by atoms with Crippen molar-refractivity contribution < 1.29 is 4.79 Å². The number of carbonyl (C=O) groups excluding carboxylic acids is 1. The predicted molar refractivity (Wildman–Crippen MR) is 111 cm³/mol. The topological polar surface area (TPSA) is 45.2 Å². The van der Waals surface area contributed by atoms with Crippen molar-refractivity contribution in [2.45, 2.75) is 26.3 Å². The Morgan fingerprint density at radius 2 is 1.81 bits per heavy atom. The average molecular weight is 361 g/mol. The van der Waals surface area contributed by atoms with Crippen LogP contribution < -0.4 is 5.32 Å². The molecule has 0 spiro atoms. The van der Waals surface area contributed by atoms with Gasteiger partial charge in [-0.3, -0.25) is 9.78 Å². The molecule has 0 saturated heterocycles. The van der Waals surface area contributed by atoms with Crippen LogP contribution in [0.5, 0.6) is 0 Å². The highest BCUT2D eigenvalue weighted by atomic mass is 16.1. The van der Waals surface area contributed by atoms with Gasteiger partial charge in [-0.15, -0.1) is 0 Å². The summed E-state index contributed by atoms with van der Waals surface area (Å²) in [7, 11) is 4.10. The summed E-state index contributed by atoms with van der Waals surface area (Å²) in [6.45, 7) is 4.86. The summed E-state index contributed by atoms with van der Waals surface area (Å²) >= 11 is 0. The molecule has 0 aliphatic carbocycles. The van der Waals surface area contributed by atoms with E-state index in [1.807, 2.05) is 70.4 Å². The number of benzene rings is 2. The summed E-state index contributed by atoms with van der Waals surface area (Å²) in [4.78, 5) is 19.9. The number of pyridine rings is 1. The molecule has 0 unspecified atom stereocenters. The van der Waals surface area contributed by atoms with E-state index in [0.717, 1.165) is 40.7 Å². The normalized spacial score (nSPS) is 12.3. The maximum atomic E-state index is 13.2. The number of fused-ring (bicyclic) bond motifs is 1. The number of hydrogen-bond acceptors (Lipinski definition) is 3. The first-order chi connectivity index (χ1) is 12.9. The Morgan fingerprint density at radius 1 is 1.07 bits per heavy atom. The lowest BCUT2D eigenvalue weighted by Crippen LogP contribution is -2.31. The van der Waals surface area contributed by atoms with Crippen LogP contribution >= 0.6 is 0 Å². The van der Waals surface area contributed by atoms with Crippen LogP contribution in [0.1, 0.15) is 39.6 Å². The first kappa shape index (κ1) is 19.1. The largest absolute Gasteiger partial charge is 0.345 e. The summed E-state index contributed by atoms with van der Waals surface area (Å²) in [5.41, 5.74) is 4.64. The highest BCUT2D eigenvalue weighted by molar-refractivity contribution is 6.06. The van der Waals surface area contributed by atoms with Gasteiger partial charge in [0, 0.05) is 11.1 Å². The van der Waals surface area contributed by atoms with Crippen LogP contribution in [0.3, 0.4) is 0 Å². The molecule has 4 heteroatoms. The van der Waals surface area contributed by atoms with Crippen molar-refractivity contribution in [3.63, 3.8) is 0 Å². The van der Waals surface area contributed by atoms with Crippen molar-refractivity contribution in [2.75, 3.05) is 20.6 Å². The minimum absolute atomic E-state index is 0.0329. The van der Waals surface area contributed by atoms with Gasteiger partial charge in [0.2, 0.25) is 0 Å². The second-order valence-corrected chi connectivity index (χ2v) is 7.36. The summed E-state index contributed by atoms with van der Waals surface area (Å²) in [6.07, 6.45) is 0.851. The van der Waals surface area contributed by atoms with E-state index in [9.17, 15) is 4.79 Å². The monoisotopic (exact) mass is 361 g/mol. The highest BCUT2D eigenvalue weighted by Gasteiger charge is 2.18. The standard InChI is InChI=1S/C23H27N3O/c1-16-10-11-22-19(14-16)20(15-17(2)24-22)23(27)25-21(12-13-26(3)4)18-8-6-5-7-9-18/h5-11,14-15,21H,12-13H2,1-4H3,(H,25,27)/t21-/m1/s1. The fourth-order valence-corrected chi connectivity index (χ4v) is 3.29. The fourth-order valence-electron chi connectivity index (χ4n) is 3.29. The third kappa shape index (κ3) is 4.72. The molecule has 2 aromatic carbocycles. The third-order valence-corrected chi connectivity index (χ3v) is 4.71. The molecule has 140 valence electrons. The maximum Gasteiger partial charge on any atom is 0.252 e. The third-order valence-electron chi connectivity index (χ3n) is 4.71. The molecule has 1 aromatic heterocycles. The Labute approximate surface area is 161 Å². The molecule has 0 saturated carbocycles. The number of amides is 1. The fraction of sp³-hybridized carbons (Fsp3) is 0.304. The minimum Gasteiger partial charge on any atom is -0.345 e. The predicted octanol–water partition coefficient (Wildman–Crippen LogP) is 4.27. The van der Waals surface area contributed by atoms with Crippen molar-refractivity contribution in [3.8, 4) is 0 Å². The van der Waals surface area contributed by atoms with E-state index in [2.05, 4.69) is 27.3 Å². The quantitative estimate of drug-likeness (QED) is 0.713. The van der Waals surface area contributed by atoms with Crippen molar-refractivity contribution in [3.05, 3.63) is 77.0 Å². The van der Waals surface area contributed by atoms with Gasteiger partial charge >= 0.3 is 0 Å². The molecule has 1 heterocycles. The van der Waals surface area contributed by atoms with E-state index < -0.39 is 0 Å². The summed E-state index contributed by atoms with van der Waals surface area (Å²) in [5.74, 6) is -0.0521. The number of nitrogens with one attached hydrogen (secondary N) is 1. The zero-order valence-corrected chi connectivity index (χ0v) is 16.5. The van der Waals surface area contributed by atoms with Crippen molar-refractivity contribution in [2.24, 2.45) is 0 Å². The van der Waals surface area contributed by atoms with Gasteiger partial charge in [-0.25, -0.2) is 0 Å². The van der Waals surface area contributed by atoms with Gasteiger partial charge < -0.3 is 10.2 Å². The average Bonchev–Trinajstić information content (AvgIpc) is 2.65. The smallest absolute Gasteiger partial charge is 0.252 e. The zero-order valence-electron chi connectivity index (χ0n) is 16.5. The van der Waals surface area contributed by atoms with Crippen molar-refractivity contribution >= 4 is 16.8 Å². The van der Waals surface area contributed by atoms with E-state index in [4.69, 9.17) is 0 Å². The second kappa shape index (κ2) is 8.31. The van der Waals surface area contributed by atoms with Crippen LogP contribution in [0.25, 0.3) is 10.9 Å². The van der Waals surface area contributed by atoms with E-state index in [-0.39, 0.29) is 11.9 Å². The van der Waals surface area contributed by atoms with Gasteiger partial charge in [0.1, 0.15) is 0 Å². The van der Waals surface area contributed by atoms with Gasteiger partial charge in [0.05, 0.1) is 17.1 Å². The molecule has 4 nitrogen and oxygen atoms in total. The van der Waals surface area contributed by atoms with Crippen LogP contribution in [0.2, 0.25) is 0 Å². The van der Waals surface area contributed by atoms with Crippen LogP contribution in [0.15, 0.2) is 54.6 Å². The van der Waals surface area contributed by atoms with Crippen LogP contribution in [-0.2, 0) is 0 Å². The number of hydrogen-bond donors (Lipinski definition) is 1. The molecule has 1 amide bonds. The minimum atomic E-state index is -0.0521. The highest BCUT2D eigenvalue weighted by Crippen LogP contribution is 2.22. The Kier molecular flexibility index (Phi) is 5.87. The number of aromatic nitrogens is 1. The lowest BCUT2D eigenvalue weighted by Gasteiger charge is -2.22. The van der Waals surface area contributed by atoms with Crippen molar-refractivity contribution in [1.29, 1.82) is 0 Å². The van der Waals surface area contributed by atoms with Gasteiger partial charge in [-0.1, -0.05) is 42.0 Å². The molecule has 3 aromatic rings. The van der Waals surface area contributed by atoms with E-state index in [1.54, 1.807) is 0 Å². The summed E-state index contributed by atoms with van der Waals surface area (Å²) in [6, 6.07) is 18.1. The number of aryl methyl sites for hydroxylation is 2. The van der Waals surface area contributed by atoms with E-state index in [0.29, 0.717) is 5.56 Å². The van der Waals surface area contributed by atoms with E-state index >= 15 is 0 Å². The first-order valence-corrected chi connectivity index (χ1v) is 9.32. The Balaban J connectivity index is 1.94. The molecule has 0 aliphatic heterocycles. The Morgan fingerprint density at radius 3 is 2.52 bits per heavy atom. The molecule has 0 radical (unpaired) electrons. The maximum absolute atomic E-state index is 13.2. The van der Waals surface area contributed by atoms with Crippen LogP contribution in [0.4, 0.5) is 0 Å². The van der Waals surface area contributed by atoms with E-state index in [1.165, 1.54) is 0 Å². The lowest BCUT2D eigenvalue weighted by atomic mass is 10.0. The summed E-state index contributed by atoms with van der Waals surface area (Å²) in [5, 5.41) is 4.15. The van der Waals surface area contributed by atoms with Crippen LogP contribution in [0, 0.1) is 13.8 Å². The number of rotatable bonds is 6. The molecule has 27 heavy (non-hydrogen) atoms. The number of nitrogens with zero attached hydrogens (tertiary/aromatic N) is 2. The zero-order chi connectivity index (χ0) is 19.4. The molecule has 1 N–H and O–H groups in total. The molecule has 1 atom stereocenters. The Hall–Kier alpha value is -2.72. The molecular formula is C23H27N3O. The summed E-state index contributed by atoms with van der Waals surface area (Å²) < 4.78 is 0. The second-order valence-electron chi connectivity index (χ2n) is 7.36. The number of carbonyl (C=O) groups is 1.